The summed E-state index contributed by atoms with van der Waals surface area (Å²) in [6.45, 7) is 3.15. The highest BCUT2D eigenvalue weighted by Crippen LogP contribution is 2.32. The van der Waals surface area contributed by atoms with Crippen molar-refractivity contribution in [1.29, 1.82) is 0 Å². The van der Waals surface area contributed by atoms with Crippen LogP contribution in [0.1, 0.15) is 35.9 Å². The lowest BCUT2D eigenvalue weighted by atomic mass is 10.0. The third-order valence-corrected chi connectivity index (χ3v) is 9.44. The Balaban J connectivity index is 1.45. The highest BCUT2D eigenvalue weighted by atomic mass is 79.9. The van der Waals surface area contributed by atoms with Crippen molar-refractivity contribution in [3.05, 3.63) is 76.7 Å². The molecule has 0 bridgehead atoms. The smallest absolute Gasteiger partial charge is 0.280 e. The van der Waals surface area contributed by atoms with E-state index in [1.165, 1.54) is 57.4 Å². The Morgan fingerprint density at radius 1 is 1.19 bits per heavy atom. The zero-order chi connectivity index (χ0) is 25.3. The number of hydrazone groups is 1. The van der Waals surface area contributed by atoms with Gasteiger partial charge in [-0.2, -0.15) is 14.4 Å². The number of sulfonamides is 1. The third-order valence-electron chi connectivity index (χ3n) is 6.04. The number of furan rings is 1. The van der Waals surface area contributed by atoms with E-state index in [1.54, 1.807) is 12.1 Å². The van der Waals surface area contributed by atoms with Gasteiger partial charge < -0.3 is 4.42 Å². The molecule has 0 radical (unpaired) electrons. The zero-order valence-corrected chi connectivity index (χ0v) is 22.6. The number of nitrogens with zero attached hydrogens (tertiary/aromatic N) is 4. The summed E-state index contributed by atoms with van der Waals surface area (Å²) >= 11 is 4.78. The van der Waals surface area contributed by atoms with Gasteiger partial charge in [0.25, 0.3) is 5.91 Å². The molecule has 2 aromatic heterocycles. The number of halogens is 1. The molecule has 4 aromatic rings. The van der Waals surface area contributed by atoms with Crippen molar-refractivity contribution in [1.82, 2.24) is 9.29 Å². The first kappa shape index (κ1) is 24.8. The molecule has 8 nitrogen and oxygen atoms in total. The molecule has 1 aliphatic heterocycles. The maximum absolute atomic E-state index is 13.5. The Labute approximate surface area is 221 Å². The van der Waals surface area contributed by atoms with Crippen LogP contribution in [0.2, 0.25) is 0 Å². The second-order valence-electron chi connectivity index (χ2n) is 8.60. The molecular formula is C25H23BrN4O4S2. The monoisotopic (exact) mass is 586 g/mol. The number of fused-ring (bicyclic) bond motifs is 1. The molecule has 36 heavy (non-hydrogen) atoms. The summed E-state index contributed by atoms with van der Waals surface area (Å²) in [4.78, 5) is 18.3. The van der Waals surface area contributed by atoms with E-state index in [1.807, 2.05) is 18.2 Å². The highest BCUT2D eigenvalue weighted by molar-refractivity contribution is 9.10. The number of benzene rings is 2. The van der Waals surface area contributed by atoms with Gasteiger partial charge in [-0.1, -0.05) is 34.2 Å². The fourth-order valence-electron chi connectivity index (χ4n) is 3.91. The van der Waals surface area contributed by atoms with Crippen molar-refractivity contribution in [2.24, 2.45) is 11.0 Å². The van der Waals surface area contributed by atoms with E-state index in [0.29, 0.717) is 35.5 Å². The van der Waals surface area contributed by atoms with Gasteiger partial charge in [0.1, 0.15) is 5.76 Å². The number of thiazole rings is 1. The summed E-state index contributed by atoms with van der Waals surface area (Å²) in [5.74, 6) is 0.563. The Kier molecular flexibility index (Phi) is 7.07. The van der Waals surface area contributed by atoms with Crippen molar-refractivity contribution in [2.75, 3.05) is 18.1 Å². The lowest BCUT2D eigenvalue weighted by molar-refractivity contribution is 0.0987. The Hall–Kier alpha value is -2.86. The van der Waals surface area contributed by atoms with E-state index < -0.39 is 15.9 Å². The average molecular weight is 588 g/mol. The minimum Gasteiger partial charge on any atom is -0.463 e. The molecule has 11 heteroatoms. The molecule has 0 spiro atoms. The number of carbonyl (C=O) groups is 1. The lowest BCUT2D eigenvalue weighted by Gasteiger charge is -2.29. The number of hydrogen-bond acceptors (Lipinski definition) is 7. The lowest BCUT2D eigenvalue weighted by Crippen LogP contribution is -2.37. The molecule has 0 unspecified atom stereocenters. The number of aromatic nitrogens is 1. The van der Waals surface area contributed by atoms with Crippen molar-refractivity contribution in [2.45, 2.75) is 24.7 Å². The molecule has 1 aliphatic rings. The minimum absolute atomic E-state index is 0.170. The predicted molar refractivity (Wildman–Crippen MR) is 144 cm³/mol. The first-order valence-electron chi connectivity index (χ1n) is 11.4. The van der Waals surface area contributed by atoms with Crippen LogP contribution in [0.4, 0.5) is 5.13 Å². The second-order valence-corrected chi connectivity index (χ2v) is 12.5. The van der Waals surface area contributed by atoms with Crippen molar-refractivity contribution in [3.8, 4) is 0 Å². The van der Waals surface area contributed by atoms with Crippen LogP contribution in [-0.4, -0.2) is 42.9 Å². The highest BCUT2D eigenvalue weighted by Gasteiger charge is 2.29. The van der Waals surface area contributed by atoms with E-state index in [2.05, 4.69) is 32.9 Å². The molecule has 1 saturated heterocycles. The van der Waals surface area contributed by atoms with Gasteiger partial charge in [0.2, 0.25) is 15.2 Å². The standard InChI is InChI=1S/C25H23BrN4O4S2/c1-17-10-12-29(13-11-17)36(32,33)21-7-4-18(5-8-21)24(31)30(27-16-20-3-2-14-34-20)25-28-22-9-6-19(26)15-23(22)35-25/h2-9,14-17H,10-13H2,1H3/b27-16+. The van der Waals surface area contributed by atoms with Crippen LogP contribution in [0.15, 0.2) is 79.7 Å². The van der Waals surface area contributed by atoms with Crippen LogP contribution in [0.3, 0.4) is 0 Å². The molecule has 0 N–H and O–H groups in total. The Bertz CT molecular complexity index is 1510. The largest absolute Gasteiger partial charge is 0.463 e. The van der Waals surface area contributed by atoms with Gasteiger partial charge in [0.05, 0.1) is 27.6 Å². The van der Waals surface area contributed by atoms with Gasteiger partial charge in [-0.25, -0.2) is 13.4 Å². The first-order valence-corrected chi connectivity index (χ1v) is 14.4. The van der Waals surface area contributed by atoms with Crippen LogP contribution in [-0.2, 0) is 10.0 Å². The van der Waals surface area contributed by atoms with Crippen LogP contribution < -0.4 is 5.01 Å². The molecule has 0 aliphatic carbocycles. The third kappa shape index (κ3) is 5.15. The van der Waals surface area contributed by atoms with Crippen molar-refractivity contribution >= 4 is 64.8 Å². The molecule has 186 valence electrons. The van der Waals surface area contributed by atoms with E-state index in [0.717, 1.165) is 27.5 Å². The van der Waals surface area contributed by atoms with Crippen LogP contribution in [0.5, 0.6) is 0 Å². The van der Waals surface area contributed by atoms with Crippen LogP contribution in [0, 0.1) is 5.92 Å². The van der Waals surface area contributed by atoms with Gasteiger partial charge in [-0.05, 0) is 73.4 Å². The van der Waals surface area contributed by atoms with Crippen molar-refractivity contribution in [3.63, 3.8) is 0 Å². The minimum atomic E-state index is -3.61. The number of hydrogen-bond donors (Lipinski definition) is 0. The van der Waals surface area contributed by atoms with Gasteiger partial charge >= 0.3 is 0 Å². The normalized spacial score (nSPS) is 15.6. The van der Waals surface area contributed by atoms with Gasteiger partial charge in [0, 0.05) is 23.1 Å². The SMILES string of the molecule is CC1CCN(S(=O)(=O)c2ccc(C(=O)N(/N=C/c3ccco3)c3nc4ccc(Br)cc4s3)cc2)CC1. The fraction of sp³-hybridized carbons (Fsp3) is 0.240. The van der Waals surface area contributed by atoms with E-state index >= 15 is 0 Å². The summed E-state index contributed by atoms with van der Waals surface area (Å²) in [6.07, 6.45) is 4.65. The summed E-state index contributed by atoms with van der Waals surface area (Å²) in [6, 6.07) is 15.1. The molecule has 0 saturated carbocycles. The second kappa shape index (κ2) is 10.3. The summed E-state index contributed by atoms with van der Waals surface area (Å²) in [7, 11) is -3.61. The Morgan fingerprint density at radius 3 is 2.64 bits per heavy atom. The molecule has 0 atom stereocenters. The van der Waals surface area contributed by atoms with E-state index in [-0.39, 0.29) is 4.90 Å². The molecular weight excluding hydrogens is 564 g/mol. The average Bonchev–Trinajstić information content (AvgIpc) is 3.54. The molecule has 5 rings (SSSR count). The van der Waals surface area contributed by atoms with Gasteiger partial charge in [-0.3, -0.25) is 4.79 Å². The number of rotatable bonds is 6. The van der Waals surface area contributed by atoms with Gasteiger partial charge in [0.15, 0.2) is 0 Å². The van der Waals surface area contributed by atoms with E-state index in [4.69, 9.17) is 4.42 Å². The molecule has 1 fully saturated rings. The fourth-order valence-corrected chi connectivity index (χ4v) is 6.85. The summed E-state index contributed by atoms with van der Waals surface area (Å²) in [5, 5.41) is 5.95. The molecule has 2 aromatic carbocycles. The van der Waals surface area contributed by atoms with Gasteiger partial charge in [-0.15, -0.1) is 0 Å². The first-order chi connectivity index (χ1) is 17.3. The maximum Gasteiger partial charge on any atom is 0.280 e. The summed E-state index contributed by atoms with van der Waals surface area (Å²) in [5.41, 5.74) is 1.03. The number of amides is 1. The summed E-state index contributed by atoms with van der Waals surface area (Å²) < 4.78 is 34.8. The Morgan fingerprint density at radius 2 is 1.94 bits per heavy atom. The van der Waals surface area contributed by atoms with E-state index in [9.17, 15) is 13.2 Å². The maximum atomic E-state index is 13.5. The number of anilines is 1. The topological polar surface area (TPSA) is 96.1 Å². The molecule has 3 heterocycles. The zero-order valence-electron chi connectivity index (χ0n) is 19.4. The number of carbonyl (C=O) groups excluding carboxylic acids is 1. The van der Waals surface area contributed by atoms with Crippen molar-refractivity contribution < 1.29 is 17.6 Å². The van der Waals surface area contributed by atoms with Crippen LogP contribution in [0.25, 0.3) is 10.2 Å². The quantitative estimate of drug-likeness (QED) is 0.211. The molecule has 1 amide bonds. The number of piperidine rings is 1. The predicted octanol–water partition coefficient (Wildman–Crippen LogP) is 5.75. The van der Waals surface area contributed by atoms with Crippen LogP contribution >= 0.6 is 27.3 Å².